The molecule has 1 fully saturated rings. The normalized spacial score (nSPS) is 16.2. The van der Waals surface area contributed by atoms with E-state index in [0.717, 1.165) is 5.39 Å². The molecule has 1 aliphatic rings. The molecule has 0 saturated carbocycles. The van der Waals surface area contributed by atoms with E-state index in [0.29, 0.717) is 43.2 Å². The lowest BCUT2D eigenvalue weighted by Gasteiger charge is -2.29. The quantitative estimate of drug-likeness (QED) is 0.781. The molecule has 2 N–H and O–H groups in total. The molecule has 18 heavy (non-hydrogen) atoms. The van der Waals surface area contributed by atoms with Crippen molar-refractivity contribution in [3.8, 4) is 0 Å². The van der Waals surface area contributed by atoms with Gasteiger partial charge in [-0.3, -0.25) is 4.98 Å². The third-order valence-corrected chi connectivity index (χ3v) is 3.18. The highest BCUT2D eigenvalue weighted by Crippen LogP contribution is 2.32. The van der Waals surface area contributed by atoms with E-state index in [2.05, 4.69) is 4.98 Å². The number of hydrogen-bond donors (Lipinski definition) is 1. The van der Waals surface area contributed by atoms with Gasteiger partial charge < -0.3 is 15.4 Å². The number of halogens is 1. The molecule has 2 heterocycles. The molecule has 1 saturated heterocycles. The summed E-state index contributed by atoms with van der Waals surface area (Å²) in [6, 6.07) is 5.04. The molecule has 5 heteroatoms. The second-order valence-corrected chi connectivity index (χ2v) is 4.30. The average molecular weight is 247 g/mol. The summed E-state index contributed by atoms with van der Waals surface area (Å²) in [5.41, 5.74) is 7.41. The first kappa shape index (κ1) is 11.2. The molecule has 0 unspecified atom stereocenters. The van der Waals surface area contributed by atoms with Gasteiger partial charge in [0, 0.05) is 30.4 Å². The lowest BCUT2D eigenvalue weighted by molar-refractivity contribution is 0.122. The zero-order valence-corrected chi connectivity index (χ0v) is 9.90. The molecule has 1 aromatic heterocycles. The molecule has 94 valence electrons. The van der Waals surface area contributed by atoms with Gasteiger partial charge in [0.15, 0.2) is 5.82 Å². The predicted octanol–water partition coefficient (Wildman–Crippen LogP) is 1.79. The molecule has 0 aliphatic carbocycles. The Hall–Kier alpha value is -1.88. The first-order chi connectivity index (χ1) is 8.77. The molecular formula is C13H14FN3O. The molecule has 1 aliphatic heterocycles. The van der Waals surface area contributed by atoms with Gasteiger partial charge in [-0.2, -0.15) is 0 Å². The molecule has 1 aromatic carbocycles. The van der Waals surface area contributed by atoms with Crippen LogP contribution in [0.5, 0.6) is 0 Å². The van der Waals surface area contributed by atoms with Crippen LogP contribution in [-0.4, -0.2) is 31.3 Å². The summed E-state index contributed by atoms with van der Waals surface area (Å²) >= 11 is 0. The van der Waals surface area contributed by atoms with Crippen LogP contribution >= 0.6 is 0 Å². The molecule has 2 aromatic rings. The van der Waals surface area contributed by atoms with Gasteiger partial charge in [-0.25, -0.2) is 4.39 Å². The average Bonchev–Trinajstić information content (AvgIpc) is 2.40. The minimum atomic E-state index is -0.319. The highest BCUT2D eigenvalue weighted by atomic mass is 19.1. The van der Waals surface area contributed by atoms with Gasteiger partial charge in [-0.15, -0.1) is 0 Å². The van der Waals surface area contributed by atoms with E-state index in [-0.39, 0.29) is 5.82 Å². The summed E-state index contributed by atoms with van der Waals surface area (Å²) in [6.07, 6.45) is 1.66. The lowest BCUT2D eigenvalue weighted by atomic mass is 10.1. The maximum atomic E-state index is 14.2. The van der Waals surface area contributed by atoms with Crippen molar-refractivity contribution >= 4 is 22.3 Å². The Bertz CT molecular complexity index is 582. The van der Waals surface area contributed by atoms with E-state index < -0.39 is 0 Å². The minimum absolute atomic E-state index is 0.319. The number of nitrogens with two attached hydrogens (primary N) is 1. The van der Waals surface area contributed by atoms with Gasteiger partial charge in [0.2, 0.25) is 0 Å². The van der Waals surface area contributed by atoms with Gasteiger partial charge in [0.1, 0.15) is 0 Å². The SMILES string of the molecule is Nc1cc(F)c(N2CCOCC2)c2ncccc12. The van der Waals surface area contributed by atoms with Crippen molar-refractivity contribution < 1.29 is 9.13 Å². The standard InChI is InChI=1S/C13H14FN3O/c14-10-8-11(15)9-2-1-3-16-12(9)13(10)17-4-6-18-7-5-17/h1-3,8H,4-7,15H2. The number of rotatable bonds is 1. The fourth-order valence-corrected chi connectivity index (χ4v) is 2.31. The van der Waals surface area contributed by atoms with Gasteiger partial charge in [0.05, 0.1) is 24.4 Å². The van der Waals surface area contributed by atoms with Gasteiger partial charge in [0.25, 0.3) is 0 Å². The minimum Gasteiger partial charge on any atom is -0.398 e. The number of ether oxygens (including phenoxy) is 1. The lowest BCUT2D eigenvalue weighted by Crippen LogP contribution is -2.37. The van der Waals surface area contributed by atoms with E-state index >= 15 is 0 Å². The van der Waals surface area contributed by atoms with Crippen LogP contribution in [-0.2, 0) is 4.74 Å². The number of nitrogens with zero attached hydrogens (tertiary/aromatic N) is 2. The van der Waals surface area contributed by atoms with E-state index in [9.17, 15) is 4.39 Å². The largest absolute Gasteiger partial charge is 0.398 e. The number of morpholine rings is 1. The smallest absolute Gasteiger partial charge is 0.150 e. The Morgan fingerprint density at radius 3 is 2.89 bits per heavy atom. The molecular weight excluding hydrogens is 233 g/mol. The van der Waals surface area contributed by atoms with Crippen molar-refractivity contribution in [3.63, 3.8) is 0 Å². The van der Waals surface area contributed by atoms with Crippen molar-refractivity contribution in [1.82, 2.24) is 4.98 Å². The van der Waals surface area contributed by atoms with Crippen LogP contribution in [0.1, 0.15) is 0 Å². The fraction of sp³-hybridized carbons (Fsp3) is 0.308. The second-order valence-electron chi connectivity index (χ2n) is 4.30. The Kier molecular flexibility index (Phi) is 2.76. The van der Waals surface area contributed by atoms with Crippen molar-refractivity contribution in [3.05, 3.63) is 30.2 Å². The first-order valence-corrected chi connectivity index (χ1v) is 5.93. The Balaban J connectivity index is 2.20. The van der Waals surface area contributed by atoms with Crippen LogP contribution in [0.4, 0.5) is 15.8 Å². The monoisotopic (exact) mass is 247 g/mol. The van der Waals surface area contributed by atoms with E-state index in [1.54, 1.807) is 12.3 Å². The third-order valence-electron chi connectivity index (χ3n) is 3.18. The number of aromatic nitrogens is 1. The maximum absolute atomic E-state index is 14.2. The van der Waals surface area contributed by atoms with Crippen molar-refractivity contribution in [2.75, 3.05) is 36.9 Å². The highest BCUT2D eigenvalue weighted by Gasteiger charge is 2.20. The number of nitrogen functional groups attached to an aromatic ring is 1. The number of hydrogen-bond acceptors (Lipinski definition) is 4. The number of pyridine rings is 1. The molecule has 0 spiro atoms. The predicted molar refractivity (Wildman–Crippen MR) is 69.1 cm³/mol. The zero-order valence-electron chi connectivity index (χ0n) is 9.90. The van der Waals surface area contributed by atoms with Crippen LogP contribution in [0.25, 0.3) is 10.9 Å². The van der Waals surface area contributed by atoms with E-state index in [1.165, 1.54) is 6.07 Å². The van der Waals surface area contributed by atoms with Crippen molar-refractivity contribution in [2.45, 2.75) is 0 Å². The third kappa shape index (κ3) is 1.76. The molecule has 0 atom stereocenters. The summed E-state index contributed by atoms with van der Waals surface area (Å²) in [7, 11) is 0. The summed E-state index contributed by atoms with van der Waals surface area (Å²) in [4.78, 5) is 6.24. The van der Waals surface area contributed by atoms with Crippen molar-refractivity contribution in [2.24, 2.45) is 0 Å². The zero-order chi connectivity index (χ0) is 12.5. The number of fused-ring (bicyclic) bond motifs is 1. The topological polar surface area (TPSA) is 51.4 Å². The summed E-state index contributed by atoms with van der Waals surface area (Å²) < 4.78 is 19.5. The van der Waals surface area contributed by atoms with Gasteiger partial charge >= 0.3 is 0 Å². The van der Waals surface area contributed by atoms with Crippen molar-refractivity contribution in [1.29, 1.82) is 0 Å². The van der Waals surface area contributed by atoms with Gasteiger partial charge in [-0.05, 0) is 18.2 Å². The molecule has 0 radical (unpaired) electrons. The first-order valence-electron chi connectivity index (χ1n) is 5.93. The second kappa shape index (κ2) is 4.42. The van der Waals surface area contributed by atoms with E-state index in [4.69, 9.17) is 10.5 Å². The fourth-order valence-electron chi connectivity index (χ4n) is 2.31. The Morgan fingerprint density at radius 1 is 1.33 bits per heavy atom. The highest BCUT2D eigenvalue weighted by molar-refractivity contribution is 5.98. The van der Waals surface area contributed by atoms with Crippen LogP contribution in [0.3, 0.4) is 0 Å². The van der Waals surface area contributed by atoms with Crippen LogP contribution in [0.15, 0.2) is 24.4 Å². The van der Waals surface area contributed by atoms with Crippen LogP contribution < -0.4 is 10.6 Å². The number of benzene rings is 1. The Morgan fingerprint density at radius 2 is 2.11 bits per heavy atom. The Labute approximate surface area is 104 Å². The molecule has 0 bridgehead atoms. The summed E-state index contributed by atoms with van der Waals surface area (Å²) in [5.74, 6) is -0.319. The molecule has 0 amide bonds. The number of anilines is 2. The van der Waals surface area contributed by atoms with Gasteiger partial charge in [-0.1, -0.05) is 0 Å². The molecule has 3 rings (SSSR count). The van der Waals surface area contributed by atoms with Crippen LogP contribution in [0, 0.1) is 5.82 Å². The summed E-state index contributed by atoms with van der Waals surface area (Å²) in [5, 5.41) is 0.792. The van der Waals surface area contributed by atoms with Crippen LogP contribution in [0.2, 0.25) is 0 Å². The molecule has 4 nitrogen and oxygen atoms in total. The maximum Gasteiger partial charge on any atom is 0.150 e. The summed E-state index contributed by atoms with van der Waals surface area (Å²) in [6.45, 7) is 2.56. The van der Waals surface area contributed by atoms with E-state index in [1.807, 2.05) is 11.0 Å².